The summed E-state index contributed by atoms with van der Waals surface area (Å²) in [6.07, 6.45) is 2.56. The minimum Gasteiger partial charge on any atom is -0.480 e. The molecule has 1 heterocycles. The quantitative estimate of drug-likeness (QED) is 0.666. The predicted molar refractivity (Wildman–Crippen MR) is 53.6 cm³/mol. The summed E-state index contributed by atoms with van der Waals surface area (Å²) in [5.41, 5.74) is -0.733. The Hall–Kier alpha value is -1.59. The van der Waals surface area contributed by atoms with Gasteiger partial charge in [0.2, 0.25) is 11.8 Å². The number of likely N-dealkylation sites (tertiary alicyclic amines) is 1. The lowest BCUT2D eigenvalue weighted by Crippen LogP contribution is -2.50. The fraction of sp³-hybridized carbons (Fsp3) is 0.700. The van der Waals surface area contributed by atoms with E-state index in [1.54, 1.807) is 4.90 Å². The molecule has 0 aromatic rings. The molecule has 16 heavy (non-hydrogen) atoms. The van der Waals surface area contributed by atoms with Gasteiger partial charge in [-0.3, -0.25) is 14.4 Å². The van der Waals surface area contributed by atoms with Gasteiger partial charge in [-0.15, -0.1) is 0 Å². The molecular formula is C10H14N2O4. The fourth-order valence-electron chi connectivity index (χ4n) is 2.16. The van der Waals surface area contributed by atoms with E-state index >= 15 is 0 Å². The van der Waals surface area contributed by atoms with Crippen LogP contribution in [0, 0.1) is 0 Å². The van der Waals surface area contributed by atoms with Crippen LogP contribution in [-0.4, -0.2) is 46.4 Å². The summed E-state index contributed by atoms with van der Waals surface area (Å²) >= 11 is 0. The molecule has 2 amide bonds. The van der Waals surface area contributed by atoms with E-state index in [1.807, 2.05) is 0 Å². The number of carboxylic acid groups (broad SMARTS) is 1. The van der Waals surface area contributed by atoms with E-state index in [-0.39, 0.29) is 18.4 Å². The molecule has 1 saturated carbocycles. The first-order chi connectivity index (χ1) is 7.56. The van der Waals surface area contributed by atoms with Gasteiger partial charge in [-0.05, 0) is 19.3 Å². The summed E-state index contributed by atoms with van der Waals surface area (Å²) in [6, 6.07) is 0. The molecule has 0 unspecified atom stereocenters. The minimum atomic E-state index is -1.07. The first-order valence-electron chi connectivity index (χ1n) is 5.37. The molecular weight excluding hydrogens is 212 g/mol. The highest BCUT2D eigenvalue weighted by Crippen LogP contribution is 2.44. The number of carboxylic acids is 1. The maximum atomic E-state index is 11.8. The van der Waals surface area contributed by atoms with Crippen LogP contribution in [0.5, 0.6) is 0 Å². The third-order valence-corrected chi connectivity index (χ3v) is 3.14. The van der Waals surface area contributed by atoms with Gasteiger partial charge in [-0.2, -0.15) is 0 Å². The number of carbonyl (C=O) groups is 3. The zero-order valence-corrected chi connectivity index (χ0v) is 8.86. The summed E-state index contributed by atoms with van der Waals surface area (Å²) in [5, 5.41) is 10.8. The van der Waals surface area contributed by atoms with Crippen molar-refractivity contribution in [2.24, 2.45) is 0 Å². The van der Waals surface area contributed by atoms with Crippen molar-refractivity contribution in [1.29, 1.82) is 0 Å². The predicted octanol–water partition coefficient (Wildman–Crippen LogP) is -0.658. The summed E-state index contributed by atoms with van der Waals surface area (Å²) in [6.45, 7) is 0.224. The zero-order valence-electron chi connectivity index (χ0n) is 8.86. The van der Waals surface area contributed by atoms with Gasteiger partial charge in [-0.1, -0.05) is 0 Å². The average molecular weight is 226 g/mol. The van der Waals surface area contributed by atoms with Gasteiger partial charge in [-0.25, -0.2) is 0 Å². The van der Waals surface area contributed by atoms with Gasteiger partial charge in [0.1, 0.15) is 12.1 Å². The molecule has 2 fully saturated rings. The molecule has 0 radical (unpaired) electrons. The van der Waals surface area contributed by atoms with Crippen molar-refractivity contribution in [3.63, 3.8) is 0 Å². The number of amides is 2. The lowest BCUT2D eigenvalue weighted by Gasteiger charge is -2.26. The second kappa shape index (κ2) is 3.77. The standard InChI is InChI=1S/C10H14N2O4/c13-7-2-1-5-12(7)10(3-4-10)9(16)11-6-8(14)15/h1-6H2,(H,11,16)(H,14,15). The van der Waals surface area contributed by atoms with Crippen LogP contribution < -0.4 is 5.32 Å². The molecule has 1 aliphatic heterocycles. The Morgan fingerprint density at radius 1 is 1.44 bits per heavy atom. The average Bonchev–Trinajstić information content (AvgIpc) is 2.93. The van der Waals surface area contributed by atoms with Crippen molar-refractivity contribution in [3.05, 3.63) is 0 Å². The Labute approximate surface area is 92.6 Å². The topological polar surface area (TPSA) is 86.7 Å². The van der Waals surface area contributed by atoms with Crippen LogP contribution in [0.2, 0.25) is 0 Å². The van der Waals surface area contributed by atoms with Crippen LogP contribution >= 0.6 is 0 Å². The van der Waals surface area contributed by atoms with Gasteiger partial charge >= 0.3 is 5.97 Å². The van der Waals surface area contributed by atoms with E-state index in [9.17, 15) is 14.4 Å². The molecule has 88 valence electrons. The molecule has 1 aliphatic carbocycles. The molecule has 2 rings (SSSR count). The number of hydrogen-bond donors (Lipinski definition) is 2. The highest BCUT2D eigenvalue weighted by Gasteiger charge is 2.57. The van der Waals surface area contributed by atoms with E-state index in [1.165, 1.54) is 0 Å². The molecule has 0 spiro atoms. The zero-order chi connectivity index (χ0) is 11.8. The fourth-order valence-corrected chi connectivity index (χ4v) is 2.16. The molecule has 0 aromatic heterocycles. The van der Waals surface area contributed by atoms with Crippen LogP contribution in [0.15, 0.2) is 0 Å². The van der Waals surface area contributed by atoms with Crippen molar-refractivity contribution in [2.45, 2.75) is 31.2 Å². The third-order valence-electron chi connectivity index (χ3n) is 3.14. The molecule has 0 atom stereocenters. The smallest absolute Gasteiger partial charge is 0.322 e. The van der Waals surface area contributed by atoms with E-state index in [0.29, 0.717) is 25.8 Å². The highest BCUT2D eigenvalue weighted by atomic mass is 16.4. The van der Waals surface area contributed by atoms with E-state index in [0.717, 1.165) is 6.42 Å². The molecule has 2 aliphatic rings. The van der Waals surface area contributed by atoms with Crippen molar-refractivity contribution >= 4 is 17.8 Å². The monoisotopic (exact) mass is 226 g/mol. The van der Waals surface area contributed by atoms with Gasteiger partial charge < -0.3 is 15.3 Å². The Bertz CT molecular complexity index is 349. The summed E-state index contributed by atoms with van der Waals surface area (Å²) in [5.74, 6) is -1.40. The lowest BCUT2D eigenvalue weighted by atomic mass is 10.2. The Kier molecular flexibility index (Phi) is 2.57. The molecule has 0 aromatic carbocycles. The van der Waals surface area contributed by atoms with Crippen LogP contribution in [0.25, 0.3) is 0 Å². The van der Waals surface area contributed by atoms with E-state index < -0.39 is 11.5 Å². The summed E-state index contributed by atoms with van der Waals surface area (Å²) in [4.78, 5) is 35.3. The van der Waals surface area contributed by atoms with Crippen molar-refractivity contribution in [2.75, 3.05) is 13.1 Å². The normalized spacial score (nSPS) is 22.0. The first-order valence-corrected chi connectivity index (χ1v) is 5.37. The molecule has 1 saturated heterocycles. The molecule has 6 nitrogen and oxygen atoms in total. The number of carbonyl (C=O) groups excluding carboxylic acids is 2. The van der Waals surface area contributed by atoms with E-state index in [2.05, 4.69) is 5.32 Å². The maximum Gasteiger partial charge on any atom is 0.322 e. The van der Waals surface area contributed by atoms with Crippen LogP contribution in [0.4, 0.5) is 0 Å². The number of aliphatic carboxylic acids is 1. The number of rotatable bonds is 4. The van der Waals surface area contributed by atoms with Crippen molar-refractivity contribution < 1.29 is 19.5 Å². The van der Waals surface area contributed by atoms with E-state index in [4.69, 9.17) is 5.11 Å². The number of nitrogens with one attached hydrogen (secondary N) is 1. The number of hydrogen-bond acceptors (Lipinski definition) is 3. The molecule has 2 N–H and O–H groups in total. The molecule has 6 heteroatoms. The lowest BCUT2D eigenvalue weighted by molar-refractivity contribution is -0.141. The largest absolute Gasteiger partial charge is 0.480 e. The minimum absolute atomic E-state index is 0.00275. The van der Waals surface area contributed by atoms with Crippen LogP contribution in [0.1, 0.15) is 25.7 Å². The highest BCUT2D eigenvalue weighted by molar-refractivity contribution is 5.95. The van der Waals surface area contributed by atoms with Crippen molar-refractivity contribution in [1.82, 2.24) is 10.2 Å². The van der Waals surface area contributed by atoms with Crippen LogP contribution in [-0.2, 0) is 14.4 Å². The van der Waals surface area contributed by atoms with Gasteiger partial charge in [0.05, 0.1) is 0 Å². The van der Waals surface area contributed by atoms with Gasteiger partial charge in [0, 0.05) is 13.0 Å². The summed E-state index contributed by atoms with van der Waals surface area (Å²) < 4.78 is 0. The second-order valence-electron chi connectivity index (χ2n) is 4.26. The SMILES string of the molecule is O=C(O)CNC(=O)C1(N2CCCC2=O)CC1. The first kappa shape index (κ1) is 10.9. The Balaban J connectivity index is 1.99. The maximum absolute atomic E-state index is 11.8. The second-order valence-corrected chi connectivity index (χ2v) is 4.26. The third kappa shape index (κ3) is 1.75. The van der Waals surface area contributed by atoms with Crippen LogP contribution in [0.3, 0.4) is 0 Å². The summed E-state index contributed by atoms with van der Waals surface area (Å²) in [7, 11) is 0. The Morgan fingerprint density at radius 3 is 2.56 bits per heavy atom. The van der Waals surface area contributed by atoms with Gasteiger partial charge in [0.15, 0.2) is 0 Å². The Morgan fingerprint density at radius 2 is 2.12 bits per heavy atom. The van der Waals surface area contributed by atoms with Crippen molar-refractivity contribution in [3.8, 4) is 0 Å². The molecule has 0 bridgehead atoms. The van der Waals surface area contributed by atoms with Gasteiger partial charge in [0.25, 0.3) is 0 Å². The number of nitrogens with zero attached hydrogens (tertiary/aromatic N) is 1.